The zero-order valence-electron chi connectivity index (χ0n) is 5.76. The minimum absolute atomic E-state index is 0.0789. The van der Waals surface area contributed by atoms with Gasteiger partial charge in [0.2, 0.25) is 0 Å². The molecule has 0 N–H and O–H groups in total. The average molecular weight is 194 g/mol. The lowest BCUT2D eigenvalue weighted by Gasteiger charge is -1.82. The molecule has 58 valence electrons. The topological polar surface area (TPSA) is 73.4 Å². The number of rotatable bonds is 2. The number of nitriles is 2. The number of aromatic nitrogens is 2. The molecule has 0 spiro atoms. The standard InChI is InChI=1S/C6H2N4S2/c7-1-5(2-8)3-11-6-10-9-4-12-6/h3-4H. The zero-order chi connectivity index (χ0) is 8.81. The van der Waals surface area contributed by atoms with Crippen molar-refractivity contribution >= 4 is 23.1 Å². The van der Waals surface area contributed by atoms with Crippen LogP contribution in [0.2, 0.25) is 0 Å². The smallest absolute Gasteiger partial charge is 0.178 e. The molecule has 1 aromatic rings. The van der Waals surface area contributed by atoms with E-state index in [4.69, 9.17) is 10.5 Å². The Hall–Kier alpha value is -1.37. The fourth-order valence-corrected chi connectivity index (χ4v) is 1.59. The van der Waals surface area contributed by atoms with Crippen LogP contribution in [0.15, 0.2) is 20.8 Å². The summed E-state index contributed by atoms with van der Waals surface area (Å²) in [6, 6.07) is 3.50. The van der Waals surface area contributed by atoms with Gasteiger partial charge in [-0.1, -0.05) is 23.1 Å². The normalized spacial score (nSPS) is 8.17. The second-order valence-electron chi connectivity index (χ2n) is 1.58. The minimum atomic E-state index is 0.0789. The summed E-state index contributed by atoms with van der Waals surface area (Å²) in [4.78, 5) is 0. The maximum atomic E-state index is 8.37. The first kappa shape index (κ1) is 8.72. The maximum Gasteiger partial charge on any atom is 0.178 e. The van der Waals surface area contributed by atoms with Gasteiger partial charge in [0.15, 0.2) is 4.34 Å². The molecule has 1 aromatic heterocycles. The van der Waals surface area contributed by atoms with Gasteiger partial charge in [0.25, 0.3) is 0 Å². The molecule has 0 aromatic carbocycles. The Labute approximate surface area is 77.2 Å². The van der Waals surface area contributed by atoms with Crippen molar-refractivity contribution in [1.82, 2.24) is 10.2 Å². The van der Waals surface area contributed by atoms with Crippen molar-refractivity contribution in [3.63, 3.8) is 0 Å². The summed E-state index contributed by atoms with van der Waals surface area (Å²) in [5.74, 6) is 0. The minimum Gasteiger partial charge on any atom is -0.192 e. The first-order valence-electron chi connectivity index (χ1n) is 2.80. The Morgan fingerprint density at radius 3 is 2.83 bits per heavy atom. The van der Waals surface area contributed by atoms with Crippen LogP contribution in [0.4, 0.5) is 0 Å². The predicted octanol–water partition coefficient (Wildman–Crippen LogP) is 1.56. The highest BCUT2D eigenvalue weighted by Gasteiger charge is 1.96. The summed E-state index contributed by atoms with van der Waals surface area (Å²) in [7, 11) is 0. The molecule has 0 fully saturated rings. The van der Waals surface area contributed by atoms with Gasteiger partial charge in [0.1, 0.15) is 23.2 Å². The van der Waals surface area contributed by atoms with E-state index >= 15 is 0 Å². The summed E-state index contributed by atoms with van der Waals surface area (Å²) in [5, 5.41) is 25.5. The lowest BCUT2D eigenvalue weighted by molar-refractivity contribution is 1.01. The lowest BCUT2D eigenvalue weighted by atomic mass is 10.4. The van der Waals surface area contributed by atoms with Crippen molar-refractivity contribution in [2.24, 2.45) is 0 Å². The van der Waals surface area contributed by atoms with Crippen LogP contribution in [0.1, 0.15) is 0 Å². The largest absolute Gasteiger partial charge is 0.192 e. The second kappa shape index (κ2) is 4.50. The fraction of sp³-hybridized carbons (Fsp3) is 0. The Balaban J connectivity index is 2.63. The highest BCUT2D eigenvalue weighted by Crippen LogP contribution is 2.21. The molecule has 0 unspecified atom stereocenters. The monoisotopic (exact) mass is 194 g/mol. The van der Waals surface area contributed by atoms with Crippen molar-refractivity contribution in [3.05, 3.63) is 16.5 Å². The van der Waals surface area contributed by atoms with Crippen molar-refractivity contribution in [2.45, 2.75) is 4.34 Å². The van der Waals surface area contributed by atoms with E-state index in [0.29, 0.717) is 0 Å². The highest BCUT2D eigenvalue weighted by atomic mass is 32.2. The van der Waals surface area contributed by atoms with Crippen LogP contribution in [0.3, 0.4) is 0 Å². The first-order valence-corrected chi connectivity index (χ1v) is 4.56. The molecule has 0 radical (unpaired) electrons. The molecule has 0 aliphatic carbocycles. The highest BCUT2D eigenvalue weighted by molar-refractivity contribution is 8.03. The van der Waals surface area contributed by atoms with Gasteiger partial charge in [-0.25, -0.2) is 0 Å². The molecule has 6 heteroatoms. The predicted molar refractivity (Wildman–Crippen MR) is 45.1 cm³/mol. The molecule has 0 aliphatic rings. The maximum absolute atomic E-state index is 8.37. The van der Waals surface area contributed by atoms with Crippen LogP contribution in [-0.4, -0.2) is 10.2 Å². The molecule has 0 saturated carbocycles. The van der Waals surface area contributed by atoms with E-state index < -0.39 is 0 Å². The number of allylic oxidation sites excluding steroid dienone is 1. The number of hydrogen-bond donors (Lipinski definition) is 0. The van der Waals surface area contributed by atoms with Crippen molar-refractivity contribution < 1.29 is 0 Å². The summed E-state index contributed by atoms with van der Waals surface area (Å²) in [5.41, 5.74) is 1.67. The number of thioether (sulfide) groups is 1. The molecule has 0 saturated heterocycles. The summed E-state index contributed by atoms with van der Waals surface area (Å²) in [6.45, 7) is 0. The third-order valence-electron chi connectivity index (χ3n) is 0.859. The van der Waals surface area contributed by atoms with Crippen molar-refractivity contribution in [2.75, 3.05) is 0 Å². The summed E-state index contributed by atoms with van der Waals surface area (Å²) in [6.07, 6.45) is 0. The van der Waals surface area contributed by atoms with E-state index in [0.717, 1.165) is 4.34 Å². The molecule has 0 atom stereocenters. The molecule has 1 rings (SSSR count). The van der Waals surface area contributed by atoms with Gasteiger partial charge in [-0.05, 0) is 0 Å². The van der Waals surface area contributed by atoms with Crippen LogP contribution < -0.4 is 0 Å². The van der Waals surface area contributed by atoms with Crippen molar-refractivity contribution in [3.8, 4) is 12.1 Å². The first-order chi connectivity index (χ1) is 5.86. The van der Waals surface area contributed by atoms with E-state index in [1.54, 1.807) is 17.6 Å². The summed E-state index contributed by atoms with van der Waals surface area (Å²) < 4.78 is 0.720. The Morgan fingerprint density at radius 2 is 2.33 bits per heavy atom. The number of hydrogen-bond acceptors (Lipinski definition) is 6. The van der Waals surface area contributed by atoms with E-state index in [1.807, 2.05) is 0 Å². The molecule has 12 heavy (non-hydrogen) atoms. The zero-order valence-corrected chi connectivity index (χ0v) is 7.39. The van der Waals surface area contributed by atoms with Gasteiger partial charge in [-0.3, -0.25) is 0 Å². The lowest BCUT2D eigenvalue weighted by Crippen LogP contribution is -1.70. The van der Waals surface area contributed by atoms with Crippen LogP contribution in [0.25, 0.3) is 0 Å². The van der Waals surface area contributed by atoms with Crippen LogP contribution in [0, 0.1) is 22.7 Å². The molecule has 0 bridgehead atoms. The third kappa shape index (κ3) is 2.35. The van der Waals surface area contributed by atoms with E-state index in [-0.39, 0.29) is 5.57 Å². The molecule has 0 aliphatic heterocycles. The molecule has 4 nitrogen and oxygen atoms in total. The Morgan fingerprint density at radius 1 is 1.58 bits per heavy atom. The van der Waals surface area contributed by atoms with Gasteiger partial charge in [0, 0.05) is 5.41 Å². The van der Waals surface area contributed by atoms with E-state index in [2.05, 4.69) is 10.2 Å². The van der Waals surface area contributed by atoms with Crippen LogP contribution in [-0.2, 0) is 0 Å². The fourth-order valence-electron chi connectivity index (χ4n) is 0.401. The van der Waals surface area contributed by atoms with Gasteiger partial charge >= 0.3 is 0 Å². The SMILES string of the molecule is N#CC(C#N)=CSc1nncs1. The Kier molecular flexibility index (Phi) is 3.27. The number of nitrogens with zero attached hydrogens (tertiary/aromatic N) is 4. The average Bonchev–Trinajstić information content (AvgIpc) is 2.59. The van der Waals surface area contributed by atoms with Gasteiger partial charge in [0.05, 0.1) is 0 Å². The van der Waals surface area contributed by atoms with Crippen molar-refractivity contribution in [1.29, 1.82) is 10.5 Å². The van der Waals surface area contributed by atoms with E-state index in [1.165, 1.54) is 28.5 Å². The Bertz CT molecular complexity index is 338. The van der Waals surface area contributed by atoms with Crippen LogP contribution >= 0.6 is 23.1 Å². The second-order valence-corrected chi connectivity index (χ2v) is 3.53. The van der Waals surface area contributed by atoms with E-state index in [9.17, 15) is 0 Å². The van der Waals surface area contributed by atoms with Gasteiger partial charge < -0.3 is 0 Å². The van der Waals surface area contributed by atoms with Crippen LogP contribution in [0.5, 0.6) is 0 Å². The molecule has 0 amide bonds. The summed E-state index contributed by atoms with van der Waals surface area (Å²) >= 11 is 2.59. The molecule has 1 heterocycles. The van der Waals surface area contributed by atoms with Gasteiger partial charge in [-0.2, -0.15) is 10.5 Å². The third-order valence-corrected chi connectivity index (χ3v) is 2.56. The molecular weight excluding hydrogens is 192 g/mol. The quantitative estimate of drug-likeness (QED) is 0.527. The molecular formula is C6H2N4S2. The van der Waals surface area contributed by atoms with Gasteiger partial charge in [-0.15, -0.1) is 10.2 Å².